The van der Waals surface area contributed by atoms with Crippen LogP contribution >= 0.6 is 23.1 Å². The summed E-state index contributed by atoms with van der Waals surface area (Å²) in [7, 11) is 0. The summed E-state index contributed by atoms with van der Waals surface area (Å²) in [5.74, 6) is 2.57. The van der Waals surface area contributed by atoms with Crippen LogP contribution in [0.25, 0.3) is 0 Å². The molecule has 0 radical (unpaired) electrons. The van der Waals surface area contributed by atoms with Crippen molar-refractivity contribution in [2.24, 2.45) is 0 Å². The lowest BCUT2D eigenvalue weighted by Gasteiger charge is -2.22. The third-order valence-corrected chi connectivity index (χ3v) is 6.09. The van der Waals surface area contributed by atoms with Crippen molar-refractivity contribution in [3.05, 3.63) is 21.4 Å². The van der Waals surface area contributed by atoms with Gasteiger partial charge in [0.2, 0.25) is 0 Å². The van der Waals surface area contributed by atoms with Gasteiger partial charge in [-0.3, -0.25) is 0 Å². The van der Waals surface area contributed by atoms with Gasteiger partial charge in [-0.15, -0.1) is 11.3 Å². The largest absolute Gasteiger partial charge is 0.309 e. The molecule has 3 rings (SSSR count). The number of thiophene rings is 1. The first-order chi connectivity index (χ1) is 8.42. The molecular formula is C14H21NS2. The fourth-order valence-corrected chi connectivity index (χ4v) is 5.18. The van der Waals surface area contributed by atoms with E-state index in [4.69, 9.17) is 0 Å². The molecule has 3 heteroatoms. The van der Waals surface area contributed by atoms with Crippen molar-refractivity contribution in [3.63, 3.8) is 0 Å². The zero-order valence-electron chi connectivity index (χ0n) is 10.3. The van der Waals surface area contributed by atoms with Crippen LogP contribution in [0.1, 0.15) is 47.4 Å². The van der Waals surface area contributed by atoms with E-state index in [2.05, 4.69) is 23.1 Å². The molecule has 0 unspecified atom stereocenters. The number of fused-ring (bicyclic) bond motifs is 1. The van der Waals surface area contributed by atoms with E-state index in [9.17, 15) is 0 Å². The smallest absolute Gasteiger partial charge is 0.0302 e. The van der Waals surface area contributed by atoms with E-state index >= 15 is 0 Å². The number of hydrogen-bond donors (Lipinski definition) is 1. The molecule has 2 heterocycles. The number of rotatable bonds is 3. The van der Waals surface area contributed by atoms with Crippen molar-refractivity contribution < 1.29 is 0 Å². The Labute approximate surface area is 112 Å². The summed E-state index contributed by atoms with van der Waals surface area (Å²) >= 11 is 4.13. The fraction of sp³-hybridized carbons (Fsp3) is 0.714. The molecule has 1 N–H and O–H groups in total. The molecule has 0 spiro atoms. The predicted octanol–water partition coefficient (Wildman–Crippen LogP) is 3.96. The van der Waals surface area contributed by atoms with Crippen LogP contribution in [0.15, 0.2) is 6.07 Å². The normalized spacial score (nSPS) is 21.4. The molecule has 1 nitrogen and oxygen atoms in total. The highest BCUT2D eigenvalue weighted by molar-refractivity contribution is 7.98. The van der Waals surface area contributed by atoms with E-state index < -0.39 is 0 Å². The number of thioether (sulfide) groups is 1. The van der Waals surface area contributed by atoms with Crippen LogP contribution in [0.4, 0.5) is 0 Å². The summed E-state index contributed by atoms with van der Waals surface area (Å²) in [5, 5.41) is 3.75. The zero-order valence-corrected chi connectivity index (χ0v) is 12.0. The van der Waals surface area contributed by atoms with Crippen molar-refractivity contribution in [1.29, 1.82) is 0 Å². The molecule has 1 aliphatic heterocycles. The Hall–Kier alpha value is 0.0100. The minimum atomic E-state index is 0.789. The fourth-order valence-electron chi connectivity index (χ4n) is 2.85. The predicted molar refractivity (Wildman–Crippen MR) is 77.9 cm³/mol. The molecular weight excluding hydrogens is 246 g/mol. The number of nitrogens with one attached hydrogen (secondary N) is 1. The molecule has 0 saturated heterocycles. The Morgan fingerprint density at radius 2 is 2.12 bits per heavy atom. The molecule has 17 heavy (non-hydrogen) atoms. The zero-order chi connectivity index (χ0) is 11.5. The van der Waals surface area contributed by atoms with Gasteiger partial charge in [0, 0.05) is 28.1 Å². The Kier molecular flexibility index (Phi) is 4.09. The average molecular weight is 267 g/mol. The number of hydrogen-bond acceptors (Lipinski definition) is 3. The Bertz CT molecular complexity index is 343. The first-order valence-electron chi connectivity index (χ1n) is 6.83. The van der Waals surface area contributed by atoms with Crippen molar-refractivity contribution in [2.45, 2.75) is 56.9 Å². The second-order valence-corrected chi connectivity index (χ2v) is 7.51. The topological polar surface area (TPSA) is 12.0 Å². The lowest BCUT2D eigenvalue weighted by atomic mass is 9.95. The minimum absolute atomic E-state index is 0.789. The monoisotopic (exact) mass is 267 g/mol. The third-order valence-electron chi connectivity index (χ3n) is 3.85. The van der Waals surface area contributed by atoms with Gasteiger partial charge in [0.15, 0.2) is 0 Å². The highest BCUT2D eigenvalue weighted by Crippen LogP contribution is 2.31. The maximum atomic E-state index is 3.75. The van der Waals surface area contributed by atoms with Crippen molar-refractivity contribution in [2.75, 3.05) is 5.75 Å². The van der Waals surface area contributed by atoms with E-state index in [0.717, 1.165) is 12.6 Å². The second-order valence-electron chi connectivity index (χ2n) is 5.18. The Balaban J connectivity index is 1.55. The van der Waals surface area contributed by atoms with Crippen LogP contribution in [0, 0.1) is 0 Å². The summed E-state index contributed by atoms with van der Waals surface area (Å²) in [6, 6.07) is 3.24. The SMILES string of the molecule is c1c(CNC2CCCCC2)sc2c1CSCC2. The van der Waals surface area contributed by atoms with E-state index in [1.807, 2.05) is 11.3 Å². The van der Waals surface area contributed by atoms with Crippen LogP contribution in [0.2, 0.25) is 0 Å². The summed E-state index contributed by atoms with van der Waals surface area (Å²) in [4.78, 5) is 3.22. The first kappa shape index (κ1) is 12.1. The van der Waals surface area contributed by atoms with Crippen molar-refractivity contribution in [1.82, 2.24) is 5.32 Å². The minimum Gasteiger partial charge on any atom is -0.309 e. The Morgan fingerprint density at radius 1 is 1.24 bits per heavy atom. The van der Waals surface area contributed by atoms with E-state index in [-0.39, 0.29) is 0 Å². The van der Waals surface area contributed by atoms with Crippen molar-refractivity contribution in [3.8, 4) is 0 Å². The van der Waals surface area contributed by atoms with Gasteiger partial charge in [-0.25, -0.2) is 0 Å². The maximum Gasteiger partial charge on any atom is 0.0302 e. The highest BCUT2D eigenvalue weighted by Gasteiger charge is 2.15. The lowest BCUT2D eigenvalue weighted by molar-refractivity contribution is 0.373. The van der Waals surface area contributed by atoms with Crippen LogP contribution in [-0.4, -0.2) is 11.8 Å². The van der Waals surface area contributed by atoms with Gasteiger partial charge >= 0.3 is 0 Å². The van der Waals surface area contributed by atoms with E-state index in [1.165, 1.54) is 50.0 Å². The first-order valence-corrected chi connectivity index (χ1v) is 8.80. The molecule has 94 valence electrons. The molecule has 1 aliphatic carbocycles. The van der Waals surface area contributed by atoms with Gasteiger partial charge in [-0.2, -0.15) is 11.8 Å². The standard InChI is InChI=1S/C14H21NS2/c1-2-4-12(5-3-1)15-9-13-8-11-10-16-7-6-14(11)17-13/h8,12,15H,1-7,9-10H2. The maximum absolute atomic E-state index is 3.75. The van der Waals surface area contributed by atoms with E-state index in [1.54, 1.807) is 15.3 Å². The van der Waals surface area contributed by atoms with Gasteiger partial charge in [-0.05, 0) is 36.6 Å². The summed E-state index contributed by atoms with van der Waals surface area (Å²) in [6.45, 7) is 1.10. The summed E-state index contributed by atoms with van der Waals surface area (Å²) < 4.78 is 0. The van der Waals surface area contributed by atoms with Gasteiger partial charge in [0.05, 0.1) is 0 Å². The average Bonchev–Trinajstić information content (AvgIpc) is 2.80. The molecule has 2 aliphatic rings. The summed E-state index contributed by atoms with van der Waals surface area (Å²) in [5.41, 5.74) is 1.62. The van der Waals surface area contributed by atoms with Crippen LogP contribution < -0.4 is 5.32 Å². The molecule has 1 fully saturated rings. The van der Waals surface area contributed by atoms with Crippen LogP contribution in [0.3, 0.4) is 0 Å². The second kappa shape index (κ2) is 5.77. The van der Waals surface area contributed by atoms with Crippen LogP contribution in [-0.2, 0) is 18.7 Å². The molecule has 0 bridgehead atoms. The molecule has 1 aromatic heterocycles. The van der Waals surface area contributed by atoms with Gasteiger partial charge < -0.3 is 5.32 Å². The molecule has 0 aromatic carbocycles. The van der Waals surface area contributed by atoms with Crippen LogP contribution in [0.5, 0.6) is 0 Å². The van der Waals surface area contributed by atoms with E-state index in [0.29, 0.717) is 0 Å². The summed E-state index contributed by atoms with van der Waals surface area (Å²) in [6.07, 6.45) is 8.38. The van der Waals surface area contributed by atoms with Gasteiger partial charge in [-0.1, -0.05) is 19.3 Å². The quantitative estimate of drug-likeness (QED) is 0.889. The Morgan fingerprint density at radius 3 is 2.94 bits per heavy atom. The molecule has 0 atom stereocenters. The molecule has 0 amide bonds. The van der Waals surface area contributed by atoms with Gasteiger partial charge in [0.1, 0.15) is 0 Å². The van der Waals surface area contributed by atoms with Gasteiger partial charge in [0.25, 0.3) is 0 Å². The molecule has 1 saturated carbocycles. The number of aryl methyl sites for hydroxylation is 1. The lowest BCUT2D eigenvalue weighted by Crippen LogP contribution is -2.30. The molecule has 1 aromatic rings. The van der Waals surface area contributed by atoms with Crippen molar-refractivity contribution >= 4 is 23.1 Å². The third kappa shape index (κ3) is 3.07. The highest BCUT2D eigenvalue weighted by atomic mass is 32.2.